The zero-order chi connectivity index (χ0) is 12.8. The standard InChI is InChI=1S/C15H14FNO/c16-13-6-4-5-12(11-13)9-10-15(18)17-14-7-2-1-3-8-14/h1-8,11H,9-10H2,(H,17,18). The lowest BCUT2D eigenvalue weighted by atomic mass is 10.1. The van der Waals surface area contributed by atoms with Gasteiger partial charge in [-0.2, -0.15) is 0 Å². The summed E-state index contributed by atoms with van der Waals surface area (Å²) in [4.78, 5) is 11.7. The van der Waals surface area contributed by atoms with E-state index in [9.17, 15) is 9.18 Å². The van der Waals surface area contributed by atoms with Crippen LogP contribution in [0.2, 0.25) is 0 Å². The minimum absolute atomic E-state index is 0.0644. The summed E-state index contributed by atoms with van der Waals surface area (Å²) in [6, 6.07) is 15.6. The third kappa shape index (κ3) is 3.70. The van der Waals surface area contributed by atoms with E-state index in [4.69, 9.17) is 0 Å². The fourth-order valence-corrected chi connectivity index (χ4v) is 1.70. The van der Waals surface area contributed by atoms with Gasteiger partial charge < -0.3 is 5.32 Å². The first-order valence-electron chi connectivity index (χ1n) is 5.83. The zero-order valence-corrected chi connectivity index (χ0v) is 9.90. The quantitative estimate of drug-likeness (QED) is 0.876. The minimum Gasteiger partial charge on any atom is -0.326 e. The van der Waals surface area contributed by atoms with Gasteiger partial charge in [0.15, 0.2) is 0 Å². The number of anilines is 1. The Labute approximate surface area is 105 Å². The number of halogens is 1. The number of para-hydroxylation sites is 1. The van der Waals surface area contributed by atoms with Gasteiger partial charge in [-0.1, -0.05) is 30.3 Å². The Balaban J connectivity index is 1.85. The highest BCUT2D eigenvalue weighted by atomic mass is 19.1. The molecule has 0 atom stereocenters. The summed E-state index contributed by atoms with van der Waals surface area (Å²) in [6.45, 7) is 0. The zero-order valence-electron chi connectivity index (χ0n) is 9.90. The maximum Gasteiger partial charge on any atom is 0.224 e. The van der Waals surface area contributed by atoms with E-state index in [2.05, 4.69) is 5.32 Å². The molecule has 0 aliphatic carbocycles. The van der Waals surface area contributed by atoms with Gasteiger partial charge in [-0.3, -0.25) is 4.79 Å². The molecule has 0 bridgehead atoms. The monoisotopic (exact) mass is 243 g/mol. The molecule has 0 fully saturated rings. The van der Waals surface area contributed by atoms with E-state index in [1.807, 2.05) is 36.4 Å². The molecule has 2 rings (SSSR count). The lowest BCUT2D eigenvalue weighted by Gasteiger charge is -2.05. The molecule has 0 saturated carbocycles. The van der Waals surface area contributed by atoms with Gasteiger partial charge in [0.2, 0.25) is 5.91 Å². The summed E-state index contributed by atoms with van der Waals surface area (Å²) >= 11 is 0. The van der Waals surface area contributed by atoms with Crippen LogP contribution in [0, 0.1) is 5.82 Å². The Morgan fingerprint density at radius 2 is 1.83 bits per heavy atom. The molecule has 3 heteroatoms. The van der Waals surface area contributed by atoms with Crippen LogP contribution in [-0.2, 0) is 11.2 Å². The maximum absolute atomic E-state index is 12.9. The maximum atomic E-state index is 12.9. The van der Waals surface area contributed by atoms with Gasteiger partial charge in [-0.25, -0.2) is 4.39 Å². The predicted molar refractivity (Wildman–Crippen MR) is 69.8 cm³/mol. The Kier molecular flexibility index (Phi) is 4.07. The van der Waals surface area contributed by atoms with Crippen molar-refractivity contribution in [2.24, 2.45) is 0 Å². The summed E-state index contributed by atoms with van der Waals surface area (Å²) in [6.07, 6.45) is 0.884. The molecule has 1 amide bonds. The molecule has 2 aromatic carbocycles. The van der Waals surface area contributed by atoms with Crippen molar-refractivity contribution in [3.63, 3.8) is 0 Å². The SMILES string of the molecule is O=C(CCc1cccc(F)c1)Nc1ccccc1. The second-order valence-corrected chi connectivity index (χ2v) is 4.04. The van der Waals surface area contributed by atoms with Crippen molar-refractivity contribution in [3.05, 3.63) is 66.0 Å². The molecule has 92 valence electrons. The predicted octanol–water partition coefficient (Wildman–Crippen LogP) is 3.40. The van der Waals surface area contributed by atoms with E-state index in [-0.39, 0.29) is 11.7 Å². The van der Waals surface area contributed by atoms with Gasteiger partial charge >= 0.3 is 0 Å². The number of hydrogen-bond acceptors (Lipinski definition) is 1. The lowest BCUT2D eigenvalue weighted by Crippen LogP contribution is -2.12. The number of aryl methyl sites for hydroxylation is 1. The van der Waals surface area contributed by atoms with E-state index in [0.717, 1.165) is 11.3 Å². The highest BCUT2D eigenvalue weighted by Crippen LogP contribution is 2.09. The second-order valence-electron chi connectivity index (χ2n) is 4.04. The average molecular weight is 243 g/mol. The Morgan fingerprint density at radius 1 is 1.06 bits per heavy atom. The molecule has 0 aliphatic rings. The first kappa shape index (κ1) is 12.3. The largest absolute Gasteiger partial charge is 0.326 e. The fraction of sp³-hybridized carbons (Fsp3) is 0.133. The molecule has 0 radical (unpaired) electrons. The van der Waals surface area contributed by atoms with Gasteiger partial charge in [-0.05, 0) is 36.2 Å². The van der Waals surface area contributed by atoms with E-state index in [0.29, 0.717) is 12.8 Å². The number of carbonyl (C=O) groups excluding carboxylic acids is 1. The van der Waals surface area contributed by atoms with E-state index in [1.54, 1.807) is 6.07 Å². The summed E-state index contributed by atoms with van der Waals surface area (Å²) in [7, 11) is 0. The smallest absolute Gasteiger partial charge is 0.224 e. The van der Waals surface area contributed by atoms with E-state index >= 15 is 0 Å². The first-order valence-corrected chi connectivity index (χ1v) is 5.83. The molecule has 0 spiro atoms. The van der Waals surface area contributed by atoms with Crippen LogP contribution in [0.15, 0.2) is 54.6 Å². The van der Waals surface area contributed by atoms with Crippen LogP contribution >= 0.6 is 0 Å². The minimum atomic E-state index is -0.268. The normalized spacial score (nSPS) is 10.1. The molecule has 0 saturated heterocycles. The van der Waals surface area contributed by atoms with Crippen LogP contribution in [0.25, 0.3) is 0 Å². The summed E-state index contributed by atoms with van der Waals surface area (Å²) < 4.78 is 12.9. The second kappa shape index (κ2) is 5.96. The molecule has 0 aliphatic heterocycles. The van der Waals surface area contributed by atoms with Gasteiger partial charge in [0, 0.05) is 12.1 Å². The van der Waals surface area contributed by atoms with Crippen molar-refractivity contribution in [2.75, 3.05) is 5.32 Å². The third-order valence-electron chi connectivity index (χ3n) is 2.59. The molecule has 0 heterocycles. The van der Waals surface area contributed by atoms with Crippen molar-refractivity contribution in [3.8, 4) is 0 Å². The average Bonchev–Trinajstić information content (AvgIpc) is 2.38. The molecule has 2 aromatic rings. The summed E-state index contributed by atoms with van der Waals surface area (Å²) in [5.74, 6) is -0.332. The molecule has 18 heavy (non-hydrogen) atoms. The molecule has 2 nitrogen and oxygen atoms in total. The fourth-order valence-electron chi connectivity index (χ4n) is 1.70. The van der Waals surface area contributed by atoms with Gasteiger partial charge in [0.25, 0.3) is 0 Å². The Morgan fingerprint density at radius 3 is 2.56 bits per heavy atom. The van der Waals surface area contributed by atoms with Crippen LogP contribution < -0.4 is 5.32 Å². The molecular formula is C15H14FNO. The van der Waals surface area contributed by atoms with Gasteiger partial charge in [0.05, 0.1) is 0 Å². The van der Waals surface area contributed by atoms with Crippen molar-refractivity contribution < 1.29 is 9.18 Å². The number of hydrogen-bond donors (Lipinski definition) is 1. The molecule has 0 aromatic heterocycles. The summed E-state index contributed by atoms with van der Waals surface area (Å²) in [5.41, 5.74) is 1.61. The Hall–Kier alpha value is -2.16. The molecule has 0 unspecified atom stereocenters. The van der Waals surface area contributed by atoms with Crippen LogP contribution in [0.1, 0.15) is 12.0 Å². The van der Waals surface area contributed by atoms with Crippen LogP contribution in [-0.4, -0.2) is 5.91 Å². The van der Waals surface area contributed by atoms with Crippen molar-refractivity contribution >= 4 is 11.6 Å². The lowest BCUT2D eigenvalue weighted by molar-refractivity contribution is -0.116. The summed E-state index contributed by atoms with van der Waals surface area (Å²) in [5, 5.41) is 2.79. The number of nitrogens with one attached hydrogen (secondary N) is 1. The van der Waals surface area contributed by atoms with Crippen molar-refractivity contribution in [1.82, 2.24) is 0 Å². The topological polar surface area (TPSA) is 29.1 Å². The van der Waals surface area contributed by atoms with Crippen LogP contribution in [0.4, 0.5) is 10.1 Å². The molecular weight excluding hydrogens is 229 g/mol. The number of rotatable bonds is 4. The van der Waals surface area contributed by atoms with E-state index < -0.39 is 0 Å². The number of carbonyl (C=O) groups is 1. The Bertz CT molecular complexity index is 525. The molecule has 1 N–H and O–H groups in total. The van der Waals surface area contributed by atoms with Crippen molar-refractivity contribution in [1.29, 1.82) is 0 Å². The number of benzene rings is 2. The third-order valence-corrected chi connectivity index (χ3v) is 2.59. The highest BCUT2D eigenvalue weighted by Gasteiger charge is 2.03. The highest BCUT2D eigenvalue weighted by molar-refractivity contribution is 5.90. The van der Waals surface area contributed by atoms with Crippen LogP contribution in [0.5, 0.6) is 0 Å². The number of amides is 1. The van der Waals surface area contributed by atoms with Crippen molar-refractivity contribution in [2.45, 2.75) is 12.8 Å². The van der Waals surface area contributed by atoms with Crippen LogP contribution in [0.3, 0.4) is 0 Å². The van der Waals surface area contributed by atoms with Gasteiger partial charge in [-0.15, -0.1) is 0 Å². The first-order chi connectivity index (χ1) is 8.74. The van der Waals surface area contributed by atoms with Gasteiger partial charge in [0.1, 0.15) is 5.82 Å². The van der Waals surface area contributed by atoms with E-state index in [1.165, 1.54) is 12.1 Å².